The Hall–Kier alpha value is -2.18. The predicted octanol–water partition coefficient (Wildman–Crippen LogP) is 3.05. The van der Waals surface area contributed by atoms with Crippen molar-refractivity contribution < 1.29 is 9.85 Å². The van der Waals surface area contributed by atoms with Crippen molar-refractivity contribution in [2.75, 3.05) is 18.0 Å². The van der Waals surface area contributed by atoms with E-state index in [1.54, 1.807) is 11.8 Å². The lowest BCUT2D eigenvalue weighted by Crippen LogP contribution is -2.33. The van der Waals surface area contributed by atoms with Crippen LogP contribution in [0.1, 0.15) is 25.3 Å². The number of aryl methyl sites for hydroxylation is 1. The van der Waals surface area contributed by atoms with Crippen LogP contribution in [-0.2, 0) is 0 Å². The lowest BCUT2D eigenvalue weighted by molar-refractivity contribution is -0.392. The van der Waals surface area contributed by atoms with Gasteiger partial charge in [-0.15, -0.1) is 0 Å². The van der Waals surface area contributed by atoms with Crippen LogP contribution >= 0.6 is 0 Å². The summed E-state index contributed by atoms with van der Waals surface area (Å²) in [6, 6.07) is 2.81. The third-order valence-corrected chi connectivity index (χ3v) is 3.71. The molecule has 7 heteroatoms. The van der Waals surface area contributed by atoms with Crippen molar-refractivity contribution in [1.29, 1.82) is 0 Å². The summed E-state index contributed by atoms with van der Waals surface area (Å²) in [4.78, 5) is 23.1. The number of nitrogens with zero attached hydrogens (tertiary/aromatic N) is 3. The van der Waals surface area contributed by atoms with Gasteiger partial charge in [-0.05, 0) is 31.2 Å². The number of benzene rings is 1. The summed E-state index contributed by atoms with van der Waals surface area (Å²) in [5.41, 5.74) is 0.326. The number of nitro groups is 2. The highest BCUT2D eigenvalue weighted by Crippen LogP contribution is 2.40. The smallest absolute Gasteiger partial charge is 0.299 e. The number of hydrogen-bond donors (Lipinski definition) is 0. The first-order valence-electron chi connectivity index (χ1n) is 6.58. The van der Waals surface area contributed by atoms with Gasteiger partial charge in [-0.25, -0.2) is 0 Å². The SMILES string of the molecule is Cc1cc([N+](=O)[O-])c(N2CCC(C)CC2)c([N+](=O)[O-])c1. The van der Waals surface area contributed by atoms with E-state index in [0.29, 0.717) is 24.6 Å². The van der Waals surface area contributed by atoms with Crippen LogP contribution in [0.4, 0.5) is 17.1 Å². The quantitative estimate of drug-likeness (QED) is 0.626. The van der Waals surface area contributed by atoms with E-state index in [1.165, 1.54) is 12.1 Å². The predicted molar refractivity (Wildman–Crippen MR) is 75.1 cm³/mol. The lowest BCUT2D eigenvalue weighted by Gasteiger charge is -2.31. The minimum absolute atomic E-state index is 0.150. The minimum atomic E-state index is -0.534. The van der Waals surface area contributed by atoms with Gasteiger partial charge in [-0.1, -0.05) is 6.92 Å². The molecule has 0 aliphatic carbocycles. The van der Waals surface area contributed by atoms with Gasteiger partial charge >= 0.3 is 0 Å². The molecule has 1 aromatic rings. The van der Waals surface area contributed by atoms with Crippen molar-refractivity contribution >= 4 is 17.1 Å². The monoisotopic (exact) mass is 279 g/mol. The molecule has 0 aromatic heterocycles. The van der Waals surface area contributed by atoms with E-state index >= 15 is 0 Å². The van der Waals surface area contributed by atoms with Crippen molar-refractivity contribution in [1.82, 2.24) is 0 Å². The molecule has 0 unspecified atom stereocenters. The molecular weight excluding hydrogens is 262 g/mol. The van der Waals surface area contributed by atoms with Crippen molar-refractivity contribution in [3.63, 3.8) is 0 Å². The standard InChI is InChI=1S/C13H17N3O4/c1-9-3-5-14(6-4-9)13-11(15(17)18)7-10(2)8-12(13)16(19)20/h7-9H,3-6H2,1-2H3. The van der Waals surface area contributed by atoms with E-state index in [1.807, 2.05) is 0 Å². The van der Waals surface area contributed by atoms with E-state index in [9.17, 15) is 20.2 Å². The topological polar surface area (TPSA) is 89.5 Å². The van der Waals surface area contributed by atoms with Crippen LogP contribution in [0.2, 0.25) is 0 Å². The number of nitro benzene ring substituents is 2. The van der Waals surface area contributed by atoms with E-state index in [-0.39, 0.29) is 17.1 Å². The second-order valence-corrected chi connectivity index (χ2v) is 5.34. The summed E-state index contributed by atoms with van der Waals surface area (Å²) in [7, 11) is 0. The summed E-state index contributed by atoms with van der Waals surface area (Å²) >= 11 is 0. The zero-order chi connectivity index (χ0) is 14.9. The summed E-state index contributed by atoms with van der Waals surface area (Å²) in [5.74, 6) is 0.551. The van der Waals surface area contributed by atoms with Gasteiger partial charge < -0.3 is 4.90 Å². The van der Waals surface area contributed by atoms with Crippen LogP contribution in [0.5, 0.6) is 0 Å². The molecule has 20 heavy (non-hydrogen) atoms. The molecule has 0 radical (unpaired) electrons. The fraction of sp³-hybridized carbons (Fsp3) is 0.538. The third kappa shape index (κ3) is 2.71. The Bertz CT molecular complexity index is 516. The van der Waals surface area contributed by atoms with Crippen LogP contribution < -0.4 is 4.90 Å². The molecule has 1 heterocycles. The highest BCUT2D eigenvalue weighted by Gasteiger charge is 2.32. The maximum absolute atomic E-state index is 11.2. The lowest BCUT2D eigenvalue weighted by atomic mass is 9.98. The van der Waals surface area contributed by atoms with Crippen LogP contribution in [0, 0.1) is 33.1 Å². The number of hydrogen-bond acceptors (Lipinski definition) is 5. The molecule has 1 aliphatic rings. The normalized spacial score (nSPS) is 16.2. The van der Waals surface area contributed by atoms with Gasteiger partial charge in [0, 0.05) is 25.2 Å². The van der Waals surface area contributed by atoms with Crippen LogP contribution in [0.15, 0.2) is 12.1 Å². The molecule has 1 saturated heterocycles. The first-order valence-corrected chi connectivity index (χ1v) is 6.58. The van der Waals surface area contributed by atoms with Crippen molar-refractivity contribution in [2.24, 2.45) is 5.92 Å². The second-order valence-electron chi connectivity index (χ2n) is 5.34. The molecule has 108 valence electrons. The molecule has 0 saturated carbocycles. The zero-order valence-electron chi connectivity index (χ0n) is 11.5. The van der Waals surface area contributed by atoms with Gasteiger partial charge in [0.1, 0.15) is 0 Å². The van der Waals surface area contributed by atoms with Gasteiger partial charge in [0.25, 0.3) is 11.4 Å². The number of piperidine rings is 1. The molecule has 0 N–H and O–H groups in total. The van der Waals surface area contributed by atoms with E-state index in [2.05, 4.69) is 6.92 Å². The minimum Gasteiger partial charge on any atom is -0.360 e. The molecule has 1 fully saturated rings. The van der Waals surface area contributed by atoms with E-state index < -0.39 is 9.85 Å². The van der Waals surface area contributed by atoms with Crippen LogP contribution in [-0.4, -0.2) is 22.9 Å². The first kappa shape index (κ1) is 14.2. The molecule has 0 bridgehead atoms. The highest BCUT2D eigenvalue weighted by molar-refractivity contribution is 5.76. The van der Waals surface area contributed by atoms with Gasteiger partial charge in [-0.3, -0.25) is 20.2 Å². The van der Waals surface area contributed by atoms with Crippen LogP contribution in [0.25, 0.3) is 0 Å². The van der Waals surface area contributed by atoms with E-state index in [0.717, 1.165) is 12.8 Å². The number of rotatable bonds is 3. The fourth-order valence-corrected chi connectivity index (χ4v) is 2.58. The molecule has 0 atom stereocenters. The Kier molecular flexibility index (Phi) is 3.87. The van der Waals surface area contributed by atoms with Crippen molar-refractivity contribution in [2.45, 2.75) is 26.7 Å². The Labute approximate surface area is 116 Å². The molecular formula is C13H17N3O4. The highest BCUT2D eigenvalue weighted by atomic mass is 16.6. The Balaban J connectivity index is 2.53. The fourth-order valence-electron chi connectivity index (χ4n) is 2.58. The molecule has 0 spiro atoms. The summed E-state index contributed by atoms with van der Waals surface area (Å²) in [6.07, 6.45) is 1.78. The number of anilines is 1. The summed E-state index contributed by atoms with van der Waals surface area (Å²) in [5, 5.41) is 22.4. The molecule has 2 rings (SSSR count). The Morgan fingerprint density at radius 2 is 1.55 bits per heavy atom. The first-order chi connectivity index (χ1) is 9.40. The van der Waals surface area contributed by atoms with E-state index in [4.69, 9.17) is 0 Å². The summed E-state index contributed by atoms with van der Waals surface area (Å²) < 4.78 is 0. The molecule has 0 amide bonds. The van der Waals surface area contributed by atoms with Crippen molar-refractivity contribution in [3.8, 4) is 0 Å². The molecule has 1 aliphatic heterocycles. The second kappa shape index (κ2) is 5.44. The average molecular weight is 279 g/mol. The van der Waals surface area contributed by atoms with Gasteiger partial charge in [-0.2, -0.15) is 0 Å². The summed E-state index contributed by atoms with van der Waals surface area (Å²) in [6.45, 7) is 4.98. The molecule has 1 aromatic carbocycles. The van der Waals surface area contributed by atoms with Gasteiger partial charge in [0.15, 0.2) is 5.69 Å². The largest absolute Gasteiger partial charge is 0.360 e. The maximum Gasteiger partial charge on any atom is 0.299 e. The Morgan fingerprint density at radius 3 is 1.95 bits per heavy atom. The maximum atomic E-state index is 11.2. The average Bonchev–Trinajstić information content (AvgIpc) is 2.38. The third-order valence-electron chi connectivity index (χ3n) is 3.71. The zero-order valence-corrected chi connectivity index (χ0v) is 11.5. The van der Waals surface area contributed by atoms with Gasteiger partial charge in [0.2, 0.25) is 0 Å². The van der Waals surface area contributed by atoms with Gasteiger partial charge in [0.05, 0.1) is 9.85 Å². The molecule has 7 nitrogen and oxygen atoms in total. The van der Waals surface area contributed by atoms with Crippen molar-refractivity contribution in [3.05, 3.63) is 37.9 Å². The van der Waals surface area contributed by atoms with Crippen LogP contribution in [0.3, 0.4) is 0 Å². The Morgan fingerprint density at radius 1 is 1.10 bits per heavy atom.